The lowest BCUT2D eigenvalue weighted by Crippen LogP contribution is -2.41. The molecule has 0 amide bonds. The largest absolute Gasteiger partial charge is 0.435 e. The van der Waals surface area contributed by atoms with Gasteiger partial charge in [-0.1, -0.05) is 0 Å². The SMILES string of the molecule is OCC1(O)CC[C](N2CCC[C@@H]2c2cc(F)cc(OC(F)F)c2)CC1. The highest BCUT2D eigenvalue weighted by atomic mass is 19.3. The molecule has 1 aromatic carbocycles. The summed E-state index contributed by atoms with van der Waals surface area (Å²) in [4.78, 5) is 2.19. The van der Waals surface area contributed by atoms with Crippen molar-refractivity contribution in [3.8, 4) is 5.75 Å². The minimum Gasteiger partial charge on any atom is -0.435 e. The number of halogens is 3. The van der Waals surface area contributed by atoms with E-state index in [1.807, 2.05) is 0 Å². The summed E-state index contributed by atoms with van der Waals surface area (Å²) >= 11 is 0. The topological polar surface area (TPSA) is 52.9 Å². The minimum absolute atomic E-state index is 0.0777. The summed E-state index contributed by atoms with van der Waals surface area (Å²) in [5.74, 6) is -0.761. The molecule has 1 saturated carbocycles. The number of benzene rings is 1. The Morgan fingerprint density at radius 1 is 1.24 bits per heavy atom. The Morgan fingerprint density at radius 3 is 2.60 bits per heavy atom. The Hall–Kier alpha value is -1.31. The zero-order valence-electron chi connectivity index (χ0n) is 13.9. The van der Waals surface area contributed by atoms with Crippen LogP contribution in [-0.4, -0.2) is 40.5 Å². The zero-order chi connectivity index (χ0) is 18.0. The molecule has 7 heteroatoms. The van der Waals surface area contributed by atoms with E-state index in [1.54, 1.807) is 0 Å². The third kappa shape index (κ3) is 4.27. The predicted molar refractivity (Wildman–Crippen MR) is 85.5 cm³/mol. The second-order valence-electron chi connectivity index (χ2n) is 6.90. The van der Waals surface area contributed by atoms with E-state index in [2.05, 4.69) is 9.64 Å². The first-order valence-corrected chi connectivity index (χ1v) is 8.60. The van der Waals surface area contributed by atoms with Crippen molar-refractivity contribution >= 4 is 0 Å². The van der Waals surface area contributed by atoms with Gasteiger partial charge in [0.05, 0.1) is 12.2 Å². The second-order valence-corrected chi connectivity index (χ2v) is 6.90. The van der Waals surface area contributed by atoms with Crippen LogP contribution in [-0.2, 0) is 0 Å². The normalized spacial score (nSPS) is 24.8. The van der Waals surface area contributed by atoms with Gasteiger partial charge in [-0.3, -0.25) is 4.90 Å². The van der Waals surface area contributed by atoms with Crippen LogP contribution in [0.15, 0.2) is 18.2 Å². The van der Waals surface area contributed by atoms with Crippen molar-refractivity contribution in [3.63, 3.8) is 0 Å². The van der Waals surface area contributed by atoms with Gasteiger partial charge in [0.1, 0.15) is 11.6 Å². The number of likely N-dealkylation sites (tertiary alicyclic amines) is 1. The number of hydrogen-bond donors (Lipinski definition) is 2. The van der Waals surface area contributed by atoms with Gasteiger partial charge in [-0.15, -0.1) is 0 Å². The van der Waals surface area contributed by atoms with E-state index >= 15 is 0 Å². The first-order valence-electron chi connectivity index (χ1n) is 8.60. The lowest BCUT2D eigenvalue weighted by Gasteiger charge is -2.40. The molecule has 0 aromatic heterocycles. The molecule has 0 bridgehead atoms. The minimum atomic E-state index is -2.99. The molecule has 1 saturated heterocycles. The van der Waals surface area contributed by atoms with Gasteiger partial charge in [-0.2, -0.15) is 8.78 Å². The number of aliphatic hydroxyl groups is 2. The molecule has 1 aromatic rings. The fraction of sp³-hybridized carbons (Fsp3) is 0.611. The number of hydrogen-bond acceptors (Lipinski definition) is 4. The van der Waals surface area contributed by atoms with Crippen LogP contribution in [0.3, 0.4) is 0 Å². The smallest absolute Gasteiger partial charge is 0.387 e. The van der Waals surface area contributed by atoms with E-state index in [4.69, 9.17) is 0 Å². The first-order chi connectivity index (χ1) is 11.9. The summed E-state index contributed by atoms with van der Waals surface area (Å²) in [6.07, 6.45) is 4.06. The standard InChI is InChI=1S/C18H23F3NO3/c19-13-8-12(9-15(10-13)25-17(20)21)16-2-1-7-22(16)14-3-5-18(24,11-23)6-4-14/h8-10,16-17,23-24H,1-7,11H2/t16-/m1/s1. The average Bonchev–Trinajstić information content (AvgIpc) is 3.04. The summed E-state index contributed by atoms with van der Waals surface area (Å²) in [7, 11) is 0. The van der Waals surface area contributed by atoms with Gasteiger partial charge >= 0.3 is 6.61 Å². The molecule has 4 nitrogen and oxygen atoms in total. The maximum atomic E-state index is 13.8. The third-order valence-corrected chi connectivity index (χ3v) is 5.21. The molecule has 1 aliphatic carbocycles. The molecular weight excluding hydrogens is 335 g/mol. The van der Waals surface area contributed by atoms with Crippen LogP contribution in [0.2, 0.25) is 0 Å². The van der Waals surface area contributed by atoms with Gasteiger partial charge in [0.2, 0.25) is 0 Å². The molecule has 2 N–H and O–H groups in total. The molecule has 1 heterocycles. The highest BCUT2D eigenvalue weighted by molar-refractivity contribution is 5.32. The molecule has 1 aliphatic heterocycles. The van der Waals surface area contributed by atoms with Crippen molar-refractivity contribution in [3.05, 3.63) is 35.6 Å². The van der Waals surface area contributed by atoms with E-state index in [9.17, 15) is 23.4 Å². The number of ether oxygens (including phenoxy) is 1. The van der Waals surface area contributed by atoms with Crippen molar-refractivity contribution in [1.82, 2.24) is 4.90 Å². The zero-order valence-corrected chi connectivity index (χ0v) is 13.9. The highest BCUT2D eigenvalue weighted by Crippen LogP contribution is 2.43. The van der Waals surface area contributed by atoms with Crippen LogP contribution >= 0.6 is 0 Å². The molecule has 0 spiro atoms. The lowest BCUT2D eigenvalue weighted by atomic mass is 9.82. The van der Waals surface area contributed by atoms with Gasteiger partial charge in [-0.25, -0.2) is 4.39 Å². The number of rotatable bonds is 5. The van der Waals surface area contributed by atoms with Gasteiger partial charge < -0.3 is 14.9 Å². The van der Waals surface area contributed by atoms with Crippen molar-refractivity contribution < 1.29 is 28.1 Å². The van der Waals surface area contributed by atoms with Crippen LogP contribution in [0, 0.1) is 11.9 Å². The van der Waals surface area contributed by atoms with Crippen LogP contribution in [0.5, 0.6) is 5.75 Å². The summed E-state index contributed by atoms with van der Waals surface area (Å²) < 4.78 is 43.1. The molecular formula is C18H23F3NO3. The average molecular weight is 358 g/mol. The first kappa shape index (κ1) is 18.5. The Morgan fingerprint density at radius 2 is 1.96 bits per heavy atom. The van der Waals surface area contributed by atoms with E-state index in [0.29, 0.717) is 31.2 Å². The van der Waals surface area contributed by atoms with E-state index in [1.165, 1.54) is 18.2 Å². The monoisotopic (exact) mass is 358 g/mol. The van der Waals surface area contributed by atoms with Crippen molar-refractivity contribution in [2.45, 2.75) is 56.8 Å². The summed E-state index contributed by atoms with van der Waals surface area (Å²) in [5, 5.41) is 19.4. The molecule has 2 aliphatic rings. The quantitative estimate of drug-likeness (QED) is 0.847. The van der Waals surface area contributed by atoms with Gasteiger partial charge in [0.25, 0.3) is 0 Å². The van der Waals surface area contributed by atoms with Crippen LogP contribution < -0.4 is 4.74 Å². The van der Waals surface area contributed by atoms with E-state index < -0.39 is 18.0 Å². The third-order valence-electron chi connectivity index (χ3n) is 5.21. The van der Waals surface area contributed by atoms with Crippen molar-refractivity contribution in [2.75, 3.05) is 13.2 Å². The molecule has 2 fully saturated rings. The molecule has 0 unspecified atom stereocenters. The Labute approximate surface area is 145 Å². The molecule has 139 valence electrons. The van der Waals surface area contributed by atoms with Gasteiger partial charge in [0, 0.05) is 18.2 Å². The van der Waals surface area contributed by atoms with E-state index in [-0.39, 0.29) is 18.4 Å². The number of aliphatic hydroxyl groups excluding tert-OH is 1. The Kier molecular flexibility index (Phi) is 5.55. The Bertz CT molecular complexity index is 591. The molecule has 1 radical (unpaired) electrons. The molecule has 25 heavy (non-hydrogen) atoms. The second kappa shape index (κ2) is 7.51. The van der Waals surface area contributed by atoms with Crippen LogP contribution in [0.1, 0.15) is 50.1 Å². The summed E-state index contributed by atoms with van der Waals surface area (Å²) in [5.41, 5.74) is -0.390. The number of alkyl halides is 2. The van der Waals surface area contributed by atoms with Gasteiger partial charge in [0.15, 0.2) is 0 Å². The highest BCUT2D eigenvalue weighted by Gasteiger charge is 2.39. The maximum absolute atomic E-state index is 13.8. The van der Waals surface area contributed by atoms with Crippen molar-refractivity contribution in [1.29, 1.82) is 0 Å². The molecule has 1 atom stereocenters. The van der Waals surface area contributed by atoms with Crippen LogP contribution in [0.4, 0.5) is 13.2 Å². The van der Waals surface area contributed by atoms with Crippen molar-refractivity contribution in [2.24, 2.45) is 0 Å². The number of nitrogens with zero attached hydrogens (tertiary/aromatic N) is 1. The lowest BCUT2D eigenvalue weighted by molar-refractivity contribution is -0.0501. The fourth-order valence-corrected chi connectivity index (χ4v) is 3.89. The van der Waals surface area contributed by atoms with Crippen LogP contribution in [0.25, 0.3) is 0 Å². The van der Waals surface area contributed by atoms with E-state index in [0.717, 1.165) is 25.5 Å². The Balaban J connectivity index is 1.75. The predicted octanol–water partition coefficient (Wildman–Crippen LogP) is 3.39. The fourth-order valence-electron chi connectivity index (χ4n) is 3.89. The summed E-state index contributed by atoms with van der Waals surface area (Å²) in [6.45, 7) is -2.42. The summed E-state index contributed by atoms with van der Waals surface area (Å²) in [6, 6.07) is 4.90. The molecule has 3 rings (SSSR count). The van der Waals surface area contributed by atoms with Gasteiger partial charge in [-0.05, 0) is 62.8 Å². The maximum Gasteiger partial charge on any atom is 0.387 e.